The van der Waals surface area contributed by atoms with Crippen molar-refractivity contribution in [1.82, 2.24) is 10.0 Å². The second kappa shape index (κ2) is 5.21. The van der Waals surface area contributed by atoms with Crippen molar-refractivity contribution in [1.29, 1.82) is 0 Å². The molecule has 102 valence electrons. The Balaban J connectivity index is 2.55. The van der Waals surface area contributed by atoms with Crippen molar-refractivity contribution in [3.05, 3.63) is 0 Å². The van der Waals surface area contributed by atoms with E-state index in [0.717, 1.165) is 32.2 Å². The van der Waals surface area contributed by atoms with Gasteiger partial charge in [0.1, 0.15) is 0 Å². The van der Waals surface area contributed by atoms with E-state index in [4.69, 9.17) is 0 Å². The summed E-state index contributed by atoms with van der Waals surface area (Å²) in [6.07, 6.45) is 2.85. The minimum atomic E-state index is -3.74. The minimum Gasteiger partial charge on any atom is -0.316 e. The monoisotopic (exact) mass is 284 g/mol. The molecule has 0 aromatic rings. The summed E-state index contributed by atoms with van der Waals surface area (Å²) in [4.78, 5) is 0. The molecule has 0 aliphatic carbocycles. The van der Waals surface area contributed by atoms with Gasteiger partial charge in [0.05, 0.1) is 0 Å². The van der Waals surface area contributed by atoms with Crippen LogP contribution in [-0.2, 0) is 19.9 Å². The van der Waals surface area contributed by atoms with Gasteiger partial charge in [0.2, 0.25) is 10.0 Å². The normalized spacial score (nSPS) is 26.9. The van der Waals surface area contributed by atoms with Crippen LogP contribution in [0.2, 0.25) is 0 Å². The highest BCUT2D eigenvalue weighted by Gasteiger charge is 2.29. The summed E-state index contributed by atoms with van der Waals surface area (Å²) in [7, 11) is -7.26. The Bertz CT molecular complexity index is 449. The Kier molecular flexibility index (Phi) is 4.56. The molecule has 1 fully saturated rings. The molecule has 1 aliphatic rings. The van der Waals surface area contributed by atoms with E-state index < -0.39 is 24.9 Å². The summed E-state index contributed by atoms with van der Waals surface area (Å²) in [5.41, 5.74) is -0.136. The van der Waals surface area contributed by atoms with Gasteiger partial charge in [0.25, 0.3) is 0 Å². The predicted octanol–water partition coefficient (Wildman–Crippen LogP) is -0.702. The fraction of sp³-hybridized carbons (Fsp3) is 1.00. The molecule has 0 bridgehead atoms. The van der Waals surface area contributed by atoms with E-state index in [1.807, 2.05) is 6.92 Å². The van der Waals surface area contributed by atoms with Gasteiger partial charge in [0.15, 0.2) is 14.9 Å². The van der Waals surface area contributed by atoms with E-state index in [1.54, 1.807) is 0 Å². The third kappa shape index (κ3) is 5.80. The summed E-state index contributed by atoms with van der Waals surface area (Å²) in [5, 5.41) is 2.36. The van der Waals surface area contributed by atoms with Crippen LogP contribution in [0.1, 0.15) is 19.8 Å². The van der Waals surface area contributed by atoms with Crippen LogP contribution in [-0.4, -0.2) is 47.8 Å². The van der Waals surface area contributed by atoms with Crippen molar-refractivity contribution in [2.45, 2.75) is 19.8 Å². The molecule has 0 amide bonds. The third-order valence-electron chi connectivity index (χ3n) is 2.77. The van der Waals surface area contributed by atoms with Gasteiger partial charge in [-0.25, -0.2) is 21.6 Å². The molecule has 0 radical (unpaired) electrons. The van der Waals surface area contributed by atoms with Crippen molar-refractivity contribution in [2.24, 2.45) is 5.41 Å². The van der Waals surface area contributed by atoms with Crippen molar-refractivity contribution >= 4 is 19.9 Å². The van der Waals surface area contributed by atoms with Crippen LogP contribution in [0.15, 0.2) is 0 Å². The average Bonchev–Trinajstić information content (AvgIpc) is 2.13. The van der Waals surface area contributed by atoms with Crippen molar-refractivity contribution < 1.29 is 16.8 Å². The summed E-state index contributed by atoms with van der Waals surface area (Å²) in [6.45, 7) is 3.96. The zero-order valence-corrected chi connectivity index (χ0v) is 11.8. The fourth-order valence-corrected chi connectivity index (χ4v) is 5.03. The molecule has 17 heavy (non-hydrogen) atoms. The first-order chi connectivity index (χ1) is 7.62. The number of sulfone groups is 1. The lowest BCUT2D eigenvalue weighted by Crippen LogP contribution is -2.46. The highest BCUT2D eigenvalue weighted by molar-refractivity contribution is 8.06. The molecule has 8 heteroatoms. The lowest BCUT2D eigenvalue weighted by atomic mass is 9.83. The maximum absolute atomic E-state index is 11.5. The molecule has 0 aromatic heterocycles. The van der Waals surface area contributed by atoms with E-state index in [1.165, 1.54) is 0 Å². The number of hydrogen-bond donors (Lipinski definition) is 2. The predicted molar refractivity (Wildman–Crippen MR) is 66.8 cm³/mol. The second-order valence-corrected chi connectivity index (χ2v) is 9.38. The molecule has 6 nitrogen and oxygen atoms in total. The van der Waals surface area contributed by atoms with Gasteiger partial charge in [-0.2, -0.15) is 0 Å². The average molecular weight is 284 g/mol. The minimum absolute atomic E-state index is 0.136. The van der Waals surface area contributed by atoms with Crippen LogP contribution < -0.4 is 10.0 Å². The first-order valence-electron chi connectivity index (χ1n) is 5.48. The van der Waals surface area contributed by atoms with Gasteiger partial charge < -0.3 is 5.32 Å². The molecule has 1 aliphatic heterocycles. The summed E-state index contributed by atoms with van der Waals surface area (Å²) in [6, 6.07) is 0. The largest absolute Gasteiger partial charge is 0.316 e. The Morgan fingerprint density at radius 2 is 1.94 bits per heavy atom. The Labute approximate surface area is 103 Å². The topological polar surface area (TPSA) is 92.3 Å². The van der Waals surface area contributed by atoms with E-state index >= 15 is 0 Å². The first-order valence-corrected chi connectivity index (χ1v) is 9.19. The first kappa shape index (κ1) is 14.9. The van der Waals surface area contributed by atoms with Crippen LogP contribution in [0.4, 0.5) is 0 Å². The van der Waals surface area contributed by atoms with Gasteiger partial charge in [-0.15, -0.1) is 0 Å². The number of rotatable bonds is 5. The summed E-state index contributed by atoms with van der Waals surface area (Å²) < 4.78 is 47.3. The Morgan fingerprint density at radius 3 is 2.41 bits per heavy atom. The number of hydrogen-bond acceptors (Lipinski definition) is 5. The van der Waals surface area contributed by atoms with E-state index in [-0.39, 0.29) is 12.0 Å². The van der Waals surface area contributed by atoms with E-state index in [0.29, 0.717) is 0 Å². The fourth-order valence-electron chi connectivity index (χ4n) is 1.88. The molecule has 0 saturated carbocycles. The standard InChI is InChI=1S/C9H20N2O4S2/c1-9(4-3-5-10-6-9)7-11-17(14,15)8-16(2,12)13/h10-11H,3-8H2,1-2H3. The molecule has 1 heterocycles. The smallest absolute Gasteiger partial charge is 0.226 e. The van der Waals surface area contributed by atoms with Crippen LogP contribution in [0.5, 0.6) is 0 Å². The zero-order chi connectivity index (χ0) is 13.2. The van der Waals surface area contributed by atoms with Crippen molar-refractivity contribution in [3.63, 3.8) is 0 Å². The third-order valence-corrected chi connectivity index (χ3v) is 6.31. The maximum Gasteiger partial charge on any atom is 0.226 e. The molecule has 1 unspecified atom stereocenters. The molecule has 0 spiro atoms. The maximum atomic E-state index is 11.5. The second-order valence-electron chi connectivity index (χ2n) is 5.07. The number of sulfonamides is 1. The lowest BCUT2D eigenvalue weighted by molar-refractivity contribution is 0.239. The van der Waals surface area contributed by atoms with Crippen LogP contribution in [0, 0.1) is 5.41 Å². The highest BCUT2D eigenvalue weighted by atomic mass is 32.3. The van der Waals surface area contributed by atoms with Gasteiger partial charge >= 0.3 is 0 Å². The molecule has 1 saturated heterocycles. The SMILES string of the molecule is CC1(CNS(=O)(=O)CS(C)(=O)=O)CCCNC1. The van der Waals surface area contributed by atoms with Gasteiger partial charge in [0, 0.05) is 19.3 Å². The summed E-state index contributed by atoms with van der Waals surface area (Å²) >= 11 is 0. The van der Waals surface area contributed by atoms with E-state index in [9.17, 15) is 16.8 Å². The Hall–Kier alpha value is -0.180. The molecular weight excluding hydrogens is 264 g/mol. The molecular formula is C9H20N2O4S2. The lowest BCUT2D eigenvalue weighted by Gasteiger charge is -2.34. The summed E-state index contributed by atoms with van der Waals surface area (Å²) in [5.74, 6) is 0. The van der Waals surface area contributed by atoms with Gasteiger partial charge in [-0.1, -0.05) is 6.92 Å². The van der Waals surface area contributed by atoms with Crippen LogP contribution in [0.3, 0.4) is 0 Å². The quantitative estimate of drug-likeness (QED) is 0.696. The molecule has 1 atom stereocenters. The van der Waals surface area contributed by atoms with E-state index in [2.05, 4.69) is 10.0 Å². The molecule has 2 N–H and O–H groups in total. The zero-order valence-electron chi connectivity index (χ0n) is 10.2. The van der Waals surface area contributed by atoms with Crippen molar-refractivity contribution in [2.75, 3.05) is 31.0 Å². The van der Waals surface area contributed by atoms with Gasteiger partial charge in [-0.05, 0) is 24.8 Å². The Morgan fingerprint density at radius 1 is 1.29 bits per heavy atom. The van der Waals surface area contributed by atoms with Gasteiger partial charge in [-0.3, -0.25) is 0 Å². The molecule has 1 rings (SSSR count). The van der Waals surface area contributed by atoms with Crippen molar-refractivity contribution in [3.8, 4) is 0 Å². The molecule has 0 aromatic carbocycles. The van der Waals surface area contributed by atoms with Crippen LogP contribution >= 0.6 is 0 Å². The highest BCUT2D eigenvalue weighted by Crippen LogP contribution is 2.24. The number of nitrogens with one attached hydrogen (secondary N) is 2. The number of piperidine rings is 1. The van der Waals surface area contributed by atoms with Crippen LogP contribution in [0.25, 0.3) is 0 Å².